The van der Waals surface area contributed by atoms with Gasteiger partial charge in [0.1, 0.15) is 0 Å². The first-order valence-corrected chi connectivity index (χ1v) is 7.30. The Labute approximate surface area is 116 Å². The van der Waals surface area contributed by atoms with Gasteiger partial charge in [-0.1, -0.05) is 12.8 Å². The summed E-state index contributed by atoms with van der Waals surface area (Å²) in [6.45, 7) is 8.76. The van der Waals surface area contributed by atoms with Gasteiger partial charge in [-0.3, -0.25) is 9.79 Å². The van der Waals surface area contributed by atoms with Crippen molar-refractivity contribution in [2.75, 3.05) is 26.2 Å². The normalized spacial score (nSPS) is 18.1. The van der Waals surface area contributed by atoms with E-state index in [1.54, 1.807) is 0 Å². The molecule has 5 nitrogen and oxygen atoms in total. The average molecular weight is 268 g/mol. The zero-order valence-electron chi connectivity index (χ0n) is 12.5. The quantitative estimate of drug-likeness (QED) is 0.597. The molecule has 0 saturated carbocycles. The lowest BCUT2D eigenvalue weighted by molar-refractivity contribution is -0.128. The number of rotatable bonds is 4. The van der Waals surface area contributed by atoms with Crippen molar-refractivity contribution in [2.24, 2.45) is 16.1 Å². The molecule has 19 heavy (non-hydrogen) atoms. The van der Waals surface area contributed by atoms with Crippen molar-refractivity contribution >= 4 is 11.9 Å². The van der Waals surface area contributed by atoms with Gasteiger partial charge in [0.2, 0.25) is 5.91 Å². The van der Waals surface area contributed by atoms with Crippen LogP contribution in [-0.2, 0) is 4.79 Å². The maximum atomic E-state index is 11.9. The van der Waals surface area contributed by atoms with E-state index in [1.807, 2.05) is 20.8 Å². The van der Waals surface area contributed by atoms with Crippen LogP contribution in [-0.4, -0.2) is 42.9 Å². The average Bonchev–Trinajstić information content (AvgIpc) is 2.65. The molecule has 0 unspecified atom stereocenters. The summed E-state index contributed by atoms with van der Waals surface area (Å²) >= 11 is 0. The van der Waals surface area contributed by atoms with Crippen molar-refractivity contribution in [2.45, 2.75) is 46.5 Å². The third-order valence-corrected chi connectivity index (χ3v) is 3.52. The molecule has 3 N–H and O–H groups in total. The highest BCUT2D eigenvalue weighted by Crippen LogP contribution is 2.16. The first kappa shape index (κ1) is 15.8. The first-order chi connectivity index (χ1) is 8.97. The molecule has 110 valence electrons. The molecule has 0 spiro atoms. The fraction of sp³-hybridized carbons (Fsp3) is 0.857. The topological polar surface area (TPSA) is 70.7 Å². The molecule has 0 atom stereocenters. The third-order valence-electron chi connectivity index (χ3n) is 3.52. The summed E-state index contributed by atoms with van der Waals surface area (Å²) in [5.74, 6) is 0.613. The van der Waals surface area contributed by atoms with Crippen LogP contribution in [0, 0.1) is 5.41 Å². The van der Waals surface area contributed by atoms with Crippen LogP contribution >= 0.6 is 0 Å². The molecule has 1 rings (SSSR count). The maximum absolute atomic E-state index is 11.9. The second kappa shape index (κ2) is 7.36. The number of aliphatic imine (C=N–C) groups is 1. The molecule has 0 radical (unpaired) electrons. The van der Waals surface area contributed by atoms with Crippen LogP contribution in [0.25, 0.3) is 0 Å². The summed E-state index contributed by atoms with van der Waals surface area (Å²) in [5.41, 5.74) is 5.54. The number of hydrogen-bond acceptors (Lipinski definition) is 2. The van der Waals surface area contributed by atoms with Crippen LogP contribution in [0.5, 0.6) is 0 Å². The van der Waals surface area contributed by atoms with Crippen molar-refractivity contribution in [3.63, 3.8) is 0 Å². The SMILES string of the molecule is CCNC(=O)C(C)(C)CN=C(N)N1CCCCCC1. The van der Waals surface area contributed by atoms with E-state index < -0.39 is 5.41 Å². The molecule has 1 fully saturated rings. The summed E-state index contributed by atoms with van der Waals surface area (Å²) in [6, 6.07) is 0. The number of carbonyl (C=O) groups is 1. The summed E-state index contributed by atoms with van der Waals surface area (Å²) in [5, 5.41) is 2.84. The standard InChI is InChI=1S/C14H28N4O/c1-4-16-12(19)14(2,3)11-17-13(15)18-9-7-5-6-8-10-18/h4-11H2,1-3H3,(H2,15,17)(H,16,19). The number of likely N-dealkylation sites (tertiary alicyclic amines) is 1. The van der Waals surface area contributed by atoms with Crippen LogP contribution < -0.4 is 11.1 Å². The van der Waals surface area contributed by atoms with Crippen molar-refractivity contribution < 1.29 is 4.79 Å². The summed E-state index contributed by atoms with van der Waals surface area (Å²) in [7, 11) is 0. The largest absolute Gasteiger partial charge is 0.370 e. The van der Waals surface area contributed by atoms with Gasteiger partial charge in [0.15, 0.2) is 5.96 Å². The third kappa shape index (κ3) is 5.09. The van der Waals surface area contributed by atoms with E-state index in [0.29, 0.717) is 19.0 Å². The lowest BCUT2D eigenvalue weighted by Gasteiger charge is -2.24. The number of nitrogens with zero attached hydrogens (tertiary/aromatic N) is 2. The molecule has 5 heteroatoms. The Kier molecular flexibility index (Phi) is 6.12. The lowest BCUT2D eigenvalue weighted by Crippen LogP contribution is -2.42. The van der Waals surface area contributed by atoms with Crippen molar-refractivity contribution in [1.29, 1.82) is 0 Å². The minimum absolute atomic E-state index is 0.0300. The highest BCUT2D eigenvalue weighted by molar-refractivity contribution is 5.83. The van der Waals surface area contributed by atoms with Crippen LogP contribution in [0.15, 0.2) is 4.99 Å². The monoisotopic (exact) mass is 268 g/mol. The summed E-state index contributed by atoms with van der Waals surface area (Å²) < 4.78 is 0. The minimum Gasteiger partial charge on any atom is -0.370 e. The number of hydrogen-bond donors (Lipinski definition) is 2. The molecule has 1 aliphatic heterocycles. The van der Waals surface area contributed by atoms with E-state index in [1.165, 1.54) is 25.7 Å². The molecule has 1 amide bonds. The van der Waals surface area contributed by atoms with Crippen molar-refractivity contribution in [3.05, 3.63) is 0 Å². The van der Waals surface area contributed by atoms with E-state index in [2.05, 4.69) is 15.2 Å². The Morgan fingerprint density at radius 2 is 1.84 bits per heavy atom. The smallest absolute Gasteiger partial charge is 0.227 e. The van der Waals surface area contributed by atoms with Gasteiger partial charge in [-0.05, 0) is 33.6 Å². The van der Waals surface area contributed by atoms with E-state index >= 15 is 0 Å². The van der Waals surface area contributed by atoms with Crippen LogP contribution in [0.1, 0.15) is 46.5 Å². The molecular formula is C14H28N4O. The Morgan fingerprint density at radius 1 is 1.26 bits per heavy atom. The Balaban J connectivity index is 2.55. The van der Waals surface area contributed by atoms with Crippen LogP contribution in [0.4, 0.5) is 0 Å². The van der Waals surface area contributed by atoms with Gasteiger partial charge in [0.25, 0.3) is 0 Å². The fourth-order valence-corrected chi connectivity index (χ4v) is 2.15. The minimum atomic E-state index is -0.507. The van der Waals surface area contributed by atoms with Gasteiger partial charge < -0.3 is 16.0 Å². The number of nitrogens with two attached hydrogens (primary N) is 1. The van der Waals surface area contributed by atoms with Crippen LogP contribution in [0.2, 0.25) is 0 Å². The van der Waals surface area contributed by atoms with E-state index in [0.717, 1.165) is 13.1 Å². The van der Waals surface area contributed by atoms with Gasteiger partial charge in [-0.25, -0.2) is 0 Å². The number of guanidine groups is 1. The molecule has 1 heterocycles. The molecular weight excluding hydrogens is 240 g/mol. The molecule has 0 aromatic rings. The second-order valence-corrected chi connectivity index (χ2v) is 5.82. The highest BCUT2D eigenvalue weighted by atomic mass is 16.2. The summed E-state index contributed by atoms with van der Waals surface area (Å²) in [4.78, 5) is 18.4. The second-order valence-electron chi connectivity index (χ2n) is 5.82. The van der Waals surface area contributed by atoms with Gasteiger partial charge in [-0.2, -0.15) is 0 Å². The predicted molar refractivity (Wildman–Crippen MR) is 79.0 cm³/mol. The van der Waals surface area contributed by atoms with Gasteiger partial charge in [0.05, 0.1) is 12.0 Å². The first-order valence-electron chi connectivity index (χ1n) is 7.30. The zero-order valence-corrected chi connectivity index (χ0v) is 12.5. The maximum Gasteiger partial charge on any atom is 0.227 e. The van der Waals surface area contributed by atoms with Crippen molar-refractivity contribution in [1.82, 2.24) is 10.2 Å². The van der Waals surface area contributed by atoms with Crippen LogP contribution in [0.3, 0.4) is 0 Å². The highest BCUT2D eigenvalue weighted by Gasteiger charge is 2.27. The van der Waals surface area contributed by atoms with E-state index in [-0.39, 0.29) is 5.91 Å². The fourth-order valence-electron chi connectivity index (χ4n) is 2.15. The molecule has 1 saturated heterocycles. The van der Waals surface area contributed by atoms with Gasteiger partial charge in [-0.15, -0.1) is 0 Å². The molecule has 0 aromatic heterocycles. The Hall–Kier alpha value is -1.26. The number of carbonyl (C=O) groups excluding carboxylic acids is 1. The van der Waals surface area contributed by atoms with E-state index in [9.17, 15) is 4.79 Å². The number of nitrogens with one attached hydrogen (secondary N) is 1. The molecule has 0 aromatic carbocycles. The zero-order chi connectivity index (χ0) is 14.3. The Bertz CT molecular complexity index is 317. The number of amides is 1. The molecule has 0 bridgehead atoms. The van der Waals surface area contributed by atoms with Crippen molar-refractivity contribution in [3.8, 4) is 0 Å². The predicted octanol–water partition coefficient (Wildman–Crippen LogP) is 1.34. The van der Waals surface area contributed by atoms with E-state index in [4.69, 9.17) is 5.73 Å². The Morgan fingerprint density at radius 3 is 2.37 bits per heavy atom. The lowest BCUT2D eigenvalue weighted by atomic mass is 9.92. The van der Waals surface area contributed by atoms with Gasteiger partial charge >= 0.3 is 0 Å². The molecule has 0 aliphatic carbocycles. The molecule has 1 aliphatic rings. The van der Waals surface area contributed by atoms with Gasteiger partial charge in [0, 0.05) is 19.6 Å². The summed E-state index contributed by atoms with van der Waals surface area (Å²) in [6.07, 6.45) is 4.90.